The van der Waals surface area contributed by atoms with Crippen molar-refractivity contribution in [2.24, 2.45) is 5.92 Å². The van der Waals surface area contributed by atoms with E-state index >= 15 is 0 Å². The second-order valence-corrected chi connectivity index (χ2v) is 4.60. The molecule has 0 aromatic carbocycles. The molecule has 1 heterocycles. The van der Waals surface area contributed by atoms with Gasteiger partial charge in [-0.05, 0) is 37.3 Å². The van der Waals surface area contributed by atoms with Gasteiger partial charge in [0.25, 0.3) is 5.91 Å². The summed E-state index contributed by atoms with van der Waals surface area (Å²) in [5, 5.41) is 2.83. The fourth-order valence-electron chi connectivity index (χ4n) is 1.60. The van der Waals surface area contributed by atoms with Crippen LogP contribution in [0.25, 0.3) is 0 Å². The van der Waals surface area contributed by atoms with Gasteiger partial charge in [-0.25, -0.2) is 4.98 Å². The molecule has 0 saturated heterocycles. The minimum atomic E-state index is -0.119. The van der Waals surface area contributed by atoms with Gasteiger partial charge in [-0.15, -0.1) is 0 Å². The number of nitrogens with zero attached hydrogens (tertiary/aromatic N) is 1. The van der Waals surface area contributed by atoms with Crippen molar-refractivity contribution in [3.8, 4) is 0 Å². The monoisotopic (exact) mass is 249 g/mol. The number of ether oxygens (including phenoxy) is 1. The van der Waals surface area contributed by atoms with Crippen molar-refractivity contribution in [2.75, 3.05) is 25.5 Å². The molecule has 5 heteroatoms. The van der Waals surface area contributed by atoms with E-state index in [4.69, 9.17) is 10.5 Å². The van der Waals surface area contributed by atoms with E-state index in [0.717, 1.165) is 18.9 Å². The molecule has 0 unspecified atom stereocenters. The lowest BCUT2D eigenvalue weighted by molar-refractivity contribution is 0.0937. The van der Waals surface area contributed by atoms with Gasteiger partial charge in [0.15, 0.2) is 0 Å². The number of rotatable bonds is 7. The van der Waals surface area contributed by atoms with Gasteiger partial charge >= 0.3 is 0 Å². The average Bonchev–Trinajstić information content (AvgIpc) is 3.17. The predicted molar refractivity (Wildman–Crippen MR) is 69.1 cm³/mol. The number of carbonyl (C=O) groups is 1. The predicted octanol–water partition coefficient (Wildman–Crippen LogP) is 1.21. The topological polar surface area (TPSA) is 77.2 Å². The first-order valence-electron chi connectivity index (χ1n) is 6.33. The van der Waals surface area contributed by atoms with E-state index in [1.165, 1.54) is 19.0 Å². The Morgan fingerprint density at radius 1 is 1.56 bits per heavy atom. The molecule has 1 aliphatic carbocycles. The van der Waals surface area contributed by atoms with Crippen LogP contribution in [0.15, 0.2) is 18.3 Å². The SMILES string of the molecule is Nc1cc(C(=O)NCCCOCC2CC2)ccn1. The first kappa shape index (κ1) is 12.8. The lowest BCUT2D eigenvalue weighted by atomic mass is 10.2. The Morgan fingerprint density at radius 2 is 2.39 bits per heavy atom. The molecule has 0 radical (unpaired) electrons. The molecule has 0 aliphatic heterocycles. The Kier molecular flexibility index (Phi) is 4.52. The molecule has 18 heavy (non-hydrogen) atoms. The summed E-state index contributed by atoms with van der Waals surface area (Å²) in [4.78, 5) is 15.6. The number of pyridine rings is 1. The molecule has 0 bridgehead atoms. The zero-order valence-electron chi connectivity index (χ0n) is 10.4. The quantitative estimate of drug-likeness (QED) is 0.712. The van der Waals surface area contributed by atoms with Crippen LogP contribution in [0.4, 0.5) is 5.82 Å². The summed E-state index contributed by atoms with van der Waals surface area (Å²) in [7, 11) is 0. The smallest absolute Gasteiger partial charge is 0.251 e. The minimum Gasteiger partial charge on any atom is -0.384 e. The van der Waals surface area contributed by atoms with E-state index in [1.807, 2.05) is 0 Å². The van der Waals surface area contributed by atoms with Crippen LogP contribution in [0.2, 0.25) is 0 Å². The number of carbonyl (C=O) groups excluding carboxylic acids is 1. The number of anilines is 1. The fourth-order valence-corrected chi connectivity index (χ4v) is 1.60. The molecule has 2 rings (SSSR count). The zero-order valence-corrected chi connectivity index (χ0v) is 10.4. The maximum absolute atomic E-state index is 11.7. The van der Waals surface area contributed by atoms with Crippen molar-refractivity contribution >= 4 is 11.7 Å². The maximum atomic E-state index is 11.7. The van der Waals surface area contributed by atoms with E-state index in [1.54, 1.807) is 12.1 Å². The summed E-state index contributed by atoms with van der Waals surface area (Å²) in [5.41, 5.74) is 6.06. The summed E-state index contributed by atoms with van der Waals surface area (Å²) in [6.07, 6.45) is 4.97. The lowest BCUT2D eigenvalue weighted by Gasteiger charge is -2.06. The van der Waals surface area contributed by atoms with Crippen LogP contribution in [0.3, 0.4) is 0 Å². The molecule has 5 nitrogen and oxygen atoms in total. The van der Waals surface area contributed by atoms with Crippen molar-refractivity contribution in [3.63, 3.8) is 0 Å². The highest BCUT2D eigenvalue weighted by Gasteiger charge is 2.20. The highest BCUT2D eigenvalue weighted by molar-refractivity contribution is 5.94. The van der Waals surface area contributed by atoms with Gasteiger partial charge in [0.2, 0.25) is 0 Å². The van der Waals surface area contributed by atoms with Crippen molar-refractivity contribution in [3.05, 3.63) is 23.9 Å². The molecule has 1 aromatic heterocycles. The van der Waals surface area contributed by atoms with E-state index in [9.17, 15) is 4.79 Å². The normalized spacial score (nSPS) is 14.4. The van der Waals surface area contributed by atoms with Gasteiger partial charge in [-0.3, -0.25) is 4.79 Å². The summed E-state index contributed by atoms with van der Waals surface area (Å²) in [5.74, 6) is 1.03. The molecular formula is C13H19N3O2. The van der Waals surface area contributed by atoms with Crippen LogP contribution in [-0.4, -0.2) is 30.6 Å². The number of amides is 1. The largest absolute Gasteiger partial charge is 0.384 e. The van der Waals surface area contributed by atoms with Gasteiger partial charge < -0.3 is 15.8 Å². The molecule has 1 aliphatic rings. The van der Waals surface area contributed by atoms with Crippen molar-refractivity contribution in [1.29, 1.82) is 0 Å². The molecule has 0 atom stereocenters. The lowest BCUT2D eigenvalue weighted by Crippen LogP contribution is -2.25. The molecule has 1 amide bonds. The van der Waals surface area contributed by atoms with Gasteiger partial charge in [0.05, 0.1) is 0 Å². The summed E-state index contributed by atoms with van der Waals surface area (Å²) in [6, 6.07) is 3.22. The Hall–Kier alpha value is -1.62. The average molecular weight is 249 g/mol. The summed E-state index contributed by atoms with van der Waals surface area (Å²) in [6.45, 7) is 2.19. The van der Waals surface area contributed by atoms with Crippen LogP contribution >= 0.6 is 0 Å². The second-order valence-electron chi connectivity index (χ2n) is 4.60. The van der Waals surface area contributed by atoms with E-state index < -0.39 is 0 Å². The van der Waals surface area contributed by atoms with Gasteiger partial charge in [0.1, 0.15) is 5.82 Å². The number of hydrogen-bond donors (Lipinski definition) is 2. The number of nitrogens with one attached hydrogen (secondary N) is 1. The van der Waals surface area contributed by atoms with Crippen LogP contribution in [0.1, 0.15) is 29.6 Å². The van der Waals surface area contributed by atoms with Gasteiger partial charge in [-0.2, -0.15) is 0 Å². The molecular weight excluding hydrogens is 230 g/mol. The standard InChI is InChI=1S/C13H19N3O2/c14-12-8-11(4-6-15-12)13(17)16-5-1-7-18-9-10-2-3-10/h4,6,8,10H,1-3,5,7,9H2,(H2,14,15)(H,16,17). The van der Waals surface area contributed by atoms with Crippen molar-refractivity contribution in [1.82, 2.24) is 10.3 Å². The Morgan fingerprint density at radius 3 is 3.11 bits per heavy atom. The van der Waals surface area contributed by atoms with Crippen molar-refractivity contribution < 1.29 is 9.53 Å². The Bertz CT molecular complexity index is 405. The molecule has 1 aromatic rings. The number of nitrogens with two attached hydrogens (primary N) is 1. The number of hydrogen-bond acceptors (Lipinski definition) is 4. The highest BCUT2D eigenvalue weighted by atomic mass is 16.5. The minimum absolute atomic E-state index is 0.119. The maximum Gasteiger partial charge on any atom is 0.251 e. The summed E-state index contributed by atoms with van der Waals surface area (Å²) < 4.78 is 5.48. The molecule has 1 saturated carbocycles. The van der Waals surface area contributed by atoms with E-state index in [2.05, 4.69) is 10.3 Å². The van der Waals surface area contributed by atoms with Crippen LogP contribution in [0, 0.1) is 5.92 Å². The molecule has 98 valence electrons. The van der Waals surface area contributed by atoms with E-state index in [-0.39, 0.29) is 5.91 Å². The number of nitrogen functional groups attached to an aromatic ring is 1. The Labute approximate surface area is 107 Å². The fraction of sp³-hybridized carbons (Fsp3) is 0.538. The first-order valence-corrected chi connectivity index (χ1v) is 6.33. The van der Waals surface area contributed by atoms with Crippen LogP contribution in [-0.2, 0) is 4.74 Å². The van der Waals surface area contributed by atoms with E-state index in [0.29, 0.717) is 24.5 Å². The van der Waals surface area contributed by atoms with Gasteiger partial charge in [-0.1, -0.05) is 0 Å². The zero-order chi connectivity index (χ0) is 12.8. The Balaban J connectivity index is 1.59. The third-order valence-electron chi connectivity index (χ3n) is 2.84. The first-order chi connectivity index (χ1) is 8.75. The third kappa shape index (κ3) is 4.33. The molecule has 3 N–H and O–H groups in total. The van der Waals surface area contributed by atoms with Crippen LogP contribution < -0.4 is 11.1 Å². The summed E-state index contributed by atoms with van der Waals surface area (Å²) >= 11 is 0. The molecule has 1 fully saturated rings. The third-order valence-corrected chi connectivity index (χ3v) is 2.84. The second kappa shape index (κ2) is 6.35. The highest BCUT2D eigenvalue weighted by Crippen LogP contribution is 2.28. The number of aromatic nitrogens is 1. The van der Waals surface area contributed by atoms with Gasteiger partial charge in [0, 0.05) is 31.5 Å². The van der Waals surface area contributed by atoms with Crippen LogP contribution in [0.5, 0.6) is 0 Å². The van der Waals surface area contributed by atoms with Crippen molar-refractivity contribution in [2.45, 2.75) is 19.3 Å². The molecule has 0 spiro atoms.